The number of pyridine rings is 1. The first kappa shape index (κ1) is 15.6. The maximum Gasteiger partial charge on any atom is 0.315 e. The zero-order valence-electron chi connectivity index (χ0n) is 12.7. The van der Waals surface area contributed by atoms with E-state index in [-0.39, 0.29) is 12.1 Å². The van der Waals surface area contributed by atoms with Gasteiger partial charge in [0.25, 0.3) is 0 Å². The molecule has 1 aliphatic rings. The maximum atomic E-state index is 11.9. The van der Waals surface area contributed by atoms with Crippen molar-refractivity contribution in [3.05, 3.63) is 23.9 Å². The highest BCUT2D eigenvalue weighted by Crippen LogP contribution is 2.18. The van der Waals surface area contributed by atoms with E-state index < -0.39 is 6.10 Å². The number of hydrogen-bond acceptors (Lipinski definition) is 4. The Kier molecular flexibility index (Phi) is 5.38. The Morgan fingerprint density at radius 2 is 2.14 bits per heavy atom. The van der Waals surface area contributed by atoms with Gasteiger partial charge in [0.2, 0.25) is 0 Å². The highest BCUT2D eigenvalue weighted by molar-refractivity contribution is 5.74. The molecule has 1 aromatic heterocycles. The van der Waals surface area contributed by atoms with Gasteiger partial charge in [0.05, 0.1) is 24.4 Å². The summed E-state index contributed by atoms with van der Waals surface area (Å²) in [6, 6.07) is 5.32. The predicted octanol–water partition coefficient (Wildman–Crippen LogP) is 1.25. The summed E-state index contributed by atoms with van der Waals surface area (Å²) in [6.45, 7) is 0.371. The van der Waals surface area contributed by atoms with Crippen molar-refractivity contribution in [3.8, 4) is 0 Å². The molecule has 1 saturated carbocycles. The minimum atomic E-state index is -0.431. The standard InChI is InChI=1S/C15H24N4O2/c1-19(2)14-9-5-6-11(17-14)10-16-15(21)18-12-7-3-4-8-13(12)20/h5-6,9,12-13,20H,3-4,7-8,10H2,1-2H3,(H2,16,18,21). The highest BCUT2D eigenvalue weighted by atomic mass is 16.3. The average molecular weight is 292 g/mol. The smallest absolute Gasteiger partial charge is 0.315 e. The number of hydrogen-bond donors (Lipinski definition) is 3. The predicted molar refractivity (Wildman–Crippen MR) is 82.2 cm³/mol. The molecule has 2 amide bonds. The highest BCUT2D eigenvalue weighted by Gasteiger charge is 2.24. The molecule has 3 N–H and O–H groups in total. The summed E-state index contributed by atoms with van der Waals surface area (Å²) >= 11 is 0. The van der Waals surface area contributed by atoms with Gasteiger partial charge >= 0.3 is 6.03 Å². The van der Waals surface area contributed by atoms with Gasteiger partial charge < -0.3 is 20.6 Å². The monoisotopic (exact) mass is 292 g/mol. The van der Waals surface area contributed by atoms with Gasteiger partial charge in [-0.2, -0.15) is 0 Å². The minimum absolute atomic E-state index is 0.139. The molecule has 2 unspecified atom stereocenters. The van der Waals surface area contributed by atoms with Crippen LogP contribution in [0.3, 0.4) is 0 Å². The fourth-order valence-electron chi connectivity index (χ4n) is 2.48. The average Bonchev–Trinajstić information content (AvgIpc) is 2.48. The fourth-order valence-corrected chi connectivity index (χ4v) is 2.48. The van der Waals surface area contributed by atoms with Crippen LogP contribution < -0.4 is 15.5 Å². The number of nitrogens with one attached hydrogen (secondary N) is 2. The van der Waals surface area contributed by atoms with E-state index in [2.05, 4.69) is 15.6 Å². The normalized spacial score (nSPS) is 21.7. The van der Waals surface area contributed by atoms with Gasteiger partial charge in [-0.05, 0) is 25.0 Å². The lowest BCUT2D eigenvalue weighted by Crippen LogP contribution is -2.48. The zero-order valence-corrected chi connectivity index (χ0v) is 12.7. The van der Waals surface area contributed by atoms with Gasteiger partial charge in [0.15, 0.2) is 0 Å². The van der Waals surface area contributed by atoms with Crippen molar-refractivity contribution in [2.75, 3.05) is 19.0 Å². The fraction of sp³-hybridized carbons (Fsp3) is 0.600. The Morgan fingerprint density at radius 1 is 1.38 bits per heavy atom. The number of nitrogens with zero attached hydrogens (tertiary/aromatic N) is 2. The van der Waals surface area contributed by atoms with Gasteiger partial charge in [-0.3, -0.25) is 0 Å². The second-order valence-electron chi connectivity index (χ2n) is 5.67. The summed E-state index contributed by atoms with van der Waals surface area (Å²) in [5, 5.41) is 15.5. The number of carbonyl (C=O) groups excluding carboxylic acids is 1. The van der Waals surface area contributed by atoms with Crippen molar-refractivity contribution >= 4 is 11.8 Å². The third-order valence-corrected chi connectivity index (χ3v) is 3.73. The Morgan fingerprint density at radius 3 is 2.86 bits per heavy atom. The maximum absolute atomic E-state index is 11.9. The second-order valence-corrected chi connectivity index (χ2v) is 5.67. The van der Waals surface area contributed by atoms with Crippen molar-refractivity contribution in [1.82, 2.24) is 15.6 Å². The van der Waals surface area contributed by atoms with E-state index >= 15 is 0 Å². The molecule has 0 spiro atoms. The van der Waals surface area contributed by atoms with Gasteiger partial charge in [-0.15, -0.1) is 0 Å². The third-order valence-electron chi connectivity index (χ3n) is 3.73. The molecule has 1 fully saturated rings. The number of rotatable bonds is 4. The zero-order chi connectivity index (χ0) is 15.2. The van der Waals surface area contributed by atoms with Crippen LogP contribution in [0.5, 0.6) is 0 Å². The lowest BCUT2D eigenvalue weighted by atomic mass is 9.93. The van der Waals surface area contributed by atoms with E-state index in [1.165, 1.54) is 0 Å². The number of aliphatic hydroxyl groups is 1. The van der Waals surface area contributed by atoms with Crippen molar-refractivity contribution < 1.29 is 9.90 Å². The number of aliphatic hydroxyl groups excluding tert-OH is 1. The Balaban J connectivity index is 1.82. The molecule has 21 heavy (non-hydrogen) atoms. The van der Waals surface area contributed by atoms with Gasteiger partial charge in [0, 0.05) is 14.1 Å². The molecule has 6 heteroatoms. The van der Waals surface area contributed by atoms with E-state index in [0.717, 1.165) is 37.2 Å². The molecular formula is C15H24N4O2. The molecule has 1 aromatic rings. The van der Waals surface area contributed by atoms with Crippen LogP contribution in [-0.2, 0) is 6.54 Å². The summed E-state index contributed by atoms with van der Waals surface area (Å²) in [5.41, 5.74) is 0.806. The lowest BCUT2D eigenvalue weighted by Gasteiger charge is -2.28. The van der Waals surface area contributed by atoms with E-state index in [4.69, 9.17) is 0 Å². The Hall–Kier alpha value is -1.82. The Labute approximate surface area is 125 Å². The first-order valence-electron chi connectivity index (χ1n) is 7.42. The van der Waals surface area contributed by atoms with E-state index in [1.807, 2.05) is 37.2 Å². The SMILES string of the molecule is CN(C)c1cccc(CNC(=O)NC2CCCCC2O)n1. The van der Waals surface area contributed by atoms with Crippen LogP contribution in [0.2, 0.25) is 0 Å². The van der Waals surface area contributed by atoms with Crippen LogP contribution in [0.1, 0.15) is 31.4 Å². The molecule has 0 aromatic carbocycles. The quantitative estimate of drug-likeness (QED) is 0.780. The van der Waals surface area contributed by atoms with Crippen LogP contribution in [0, 0.1) is 0 Å². The van der Waals surface area contributed by atoms with Gasteiger partial charge in [-0.1, -0.05) is 18.9 Å². The molecule has 0 radical (unpaired) electrons. The van der Waals surface area contributed by atoms with E-state index in [1.54, 1.807) is 0 Å². The van der Waals surface area contributed by atoms with Crippen LogP contribution in [0.15, 0.2) is 18.2 Å². The Bertz CT molecular complexity index is 478. The van der Waals surface area contributed by atoms with Gasteiger partial charge in [0.1, 0.15) is 5.82 Å². The van der Waals surface area contributed by atoms with Crippen LogP contribution in [-0.4, -0.2) is 42.4 Å². The van der Waals surface area contributed by atoms with Crippen LogP contribution >= 0.6 is 0 Å². The van der Waals surface area contributed by atoms with E-state index in [0.29, 0.717) is 6.54 Å². The first-order valence-corrected chi connectivity index (χ1v) is 7.42. The lowest BCUT2D eigenvalue weighted by molar-refractivity contribution is 0.0943. The number of anilines is 1. The summed E-state index contributed by atoms with van der Waals surface area (Å²) in [6.07, 6.45) is 3.25. The molecule has 2 atom stereocenters. The minimum Gasteiger partial charge on any atom is -0.391 e. The molecule has 0 saturated heterocycles. The number of urea groups is 1. The molecule has 6 nitrogen and oxygen atoms in total. The molecule has 116 valence electrons. The van der Waals surface area contributed by atoms with Crippen molar-refractivity contribution in [2.24, 2.45) is 0 Å². The topological polar surface area (TPSA) is 77.5 Å². The van der Waals surface area contributed by atoms with Gasteiger partial charge in [-0.25, -0.2) is 9.78 Å². The molecule has 0 bridgehead atoms. The first-order chi connectivity index (χ1) is 10.1. The third kappa shape index (κ3) is 4.60. The summed E-state index contributed by atoms with van der Waals surface area (Å²) in [7, 11) is 3.85. The van der Waals surface area contributed by atoms with Crippen LogP contribution in [0.25, 0.3) is 0 Å². The van der Waals surface area contributed by atoms with Crippen molar-refractivity contribution in [2.45, 2.75) is 44.4 Å². The summed E-state index contributed by atoms with van der Waals surface area (Å²) in [4.78, 5) is 18.2. The van der Waals surface area contributed by atoms with E-state index in [9.17, 15) is 9.90 Å². The summed E-state index contributed by atoms with van der Waals surface area (Å²) < 4.78 is 0. The number of amides is 2. The number of carbonyl (C=O) groups is 1. The molecule has 1 aliphatic carbocycles. The molecule has 0 aliphatic heterocycles. The second kappa shape index (κ2) is 7.26. The number of aromatic nitrogens is 1. The molecular weight excluding hydrogens is 268 g/mol. The van der Waals surface area contributed by atoms with Crippen molar-refractivity contribution in [3.63, 3.8) is 0 Å². The molecule has 1 heterocycles. The van der Waals surface area contributed by atoms with Crippen LogP contribution in [0.4, 0.5) is 10.6 Å². The summed E-state index contributed by atoms with van der Waals surface area (Å²) in [5.74, 6) is 0.859. The molecule has 2 rings (SSSR count). The largest absolute Gasteiger partial charge is 0.391 e. The van der Waals surface area contributed by atoms with Crippen molar-refractivity contribution in [1.29, 1.82) is 0 Å².